The minimum absolute atomic E-state index is 0.0852. The van der Waals surface area contributed by atoms with E-state index in [1.165, 1.54) is 11.0 Å². The lowest BCUT2D eigenvalue weighted by molar-refractivity contribution is 0.0392. The Kier molecular flexibility index (Phi) is 6.21. The summed E-state index contributed by atoms with van der Waals surface area (Å²) in [6.07, 6.45) is -0.902. The van der Waals surface area contributed by atoms with Crippen molar-refractivity contribution in [3.8, 4) is 0 Å². The molecule has 1 aromatic carbocycles. The second-order valence-electron chi connectivity index (χ2n) is 7.42. The molecule has 1 atom stereocenters. The van der Waals surface area contributed by atoms with Crippen LogP contribution in [0.2, 0.25) is 0 Å². The molecule has 0 aromatic heterocycles. The van der Waals surface area contributed by atoms with Crippen LogP contribution in [0.1, 0.15) is 0 Å². The van der Waals surface area contributed by atoms with E-state index in [1.54, 1.807) is 22.0 Å². The van der Waals surface area contributed by atoms with E-state index in [-0.39, 0.29) is 18.7 Å². The fraction of sp³-hybridized carbons (Fsp3) is 0.579. The van der Waals surface area contributed by atoms with Crippen molar-refractivity contribution in [3.63, 3.8) is 0 Å². The Bertz CT molecular complexity index is 790. The van der Waals surface area contributed by atoms with Gasteiger partial charge in [-0.3, -0.25) is 9.91 Å². The second kappa shape index (κ2) is 9.02. The molecular formula is C19H27FN6O4. The number of hydrazine groups is 1. The van der Waals surface area contributed by atoms with Gasteiger partial charge in [0.05, 0.1) is 37.7 Å². The third-order valence-corrected chi connectivity index (χ3v) is 5.51. The van der Waals surface area contributed by atoms with Gasteiger partial charge in [0.15, 0.2) is 0 Å². The number of carbonyl (C=O) groups is 2. The molecule has 3 aliphatic heterocycles. The van der Waals surface area contributed by atoms with E-state index in [2.05, 4.69) is 5.43 Å². The first-order valence-corrected chi connectivity index (χ1v) is 10.2. The van der Waals surface area contributed by atoms with Gasteiger partial charge in [-0.15, -0.1) is 0 Å². The predicted molar refractivity (Wildman–Crippen MR) is 108 cm³/mol. The third-order valence-electron chi connectivity index (χ3n) is 5.51. The summed E-state index contributed by atoms with van der Waals surface area (Å²) in [6.45, 7) is 4.72. The number of nitrogens with two attached hydrogens (primary N) is 1. The van der Waals surface area contributed by atoms with Gasteiger partial charge >= 0.3 is 12.1 Å². The number of morpholine rings is 1. The van der Waals surface area contributed by atoms with E-state index >= 15 is 0 Å². The van der Waals surface area contributed by atoms with Gasteiger partial charge in [0.25, 0.3) is 0 Å². The van der Waals surface area contributed by atoms with Crippen LogP contribution in [-0.2, 0) is 9.47 Å². The second-order valence-corrected chi connectivity index (χ2v) is 7.42. The maximum atomic E-state index is 14.9. The van der Waals surface area contributed by atoms with Crippen LogP contribution >= 0.6 is 0 Å². The number of rotatable bonds is 3. The summed E-state index contributed by atoms with van der Waals surface area (Å²) in [5.74, 6) is -0.426. The average molecular weight is 422 g/mol. The number of hydrogen-bond acceptors (Lipinski definition) is 7. The van der Waals surface area contributed by atoms with E-state index in [9.17, 15) is 14.0 Å². The molecule has 4 rings (SSSR count). The van der Waals surface area contributed by atoms with Crippen molar-refractivity contribution in [1.29, 1.82) is 0 Å². The lowest BCUT2D eigenvalue weighted by atomic mass is 10.2. The number of ether oxygens (including phenoxy) is 2. The molecule has 1 aromatic rings. The highest BCUT2D eigenvalue weighted by Gasteiger charge is 2.32. The molecule has 0 radical (unpaired) electrons. The molecule has 0 bridgehead atoms. The highest BCUT2D eigenvalue weighted by Crippen LogP contribution is 2.28. The van der Waals surface area contributed by atoms with Crippen molar-refractivity contribution < 1.29 is 23.5 Å². The minimum atomic E-state index is -0.520. The quantitative estimate of drug-likeness (QED) is 0.717. The largest absolute Gasteiger partial charge is 0.443 e. The van der Waals surface area contributed by atoms with Gasteiger partial charge in [0.2, 0.25) is 0 Å². The molecule has 10 nitrogen and oxygen atoms in total. The van der Waals surface area contributed by atoms with Crippen LogP contribution in [0.4, 0.5) is 25.4 Å². The van der Waals surface area contributed by atoms with Crippen molar-refractivity contribution >= 4 is 23.5 Å². The SMILES string of the molecule is NC[C@H]1CN(c2ccc(N3CCNN(C(=O)N4CCOCC4)CC3)c(F)c2)C(=O)O1. The zero-order valence-corrected chi connectivity index (χ0v) is 16.8. The van der Waals surface area contributed by atoms with Crippen LogP contribution in [0.25, 0.3) is 0 Å². The van der Waals surface area contributed by atoms with Crippen molar-refractivity contribution in [2.75, 3.05) is 75.4 Å². The summed E-state index contributed by atoms with van der Waals surface area (Å²) < 4.78 is 25.3. The molecule has 3 heterocycles. The van der Waals surface area contributed by atoms with E-state index in [0.29, 0.717) is 70.4 Å². The van der Waals surface area contributed by atoms with E-state index in [4.69, 9.17) is 15.2 Å². The molecule has 3 aliphatic rings. The highest BCUT2D eigenvalue weighted by atomic mass is 19.1. The Morgan fingerprint density at radius 2 is 2.00 bits per heavy atom. The first kappa shape index (κ1) is 20.6. The van der Waals surface area contributed by atoms with E-state index < -0.39 is 11.9 Å². The summed E-state index contributed by atoms with van der Waals surface area (Å²) in [4.78, 5) is 29.7. The van der Waals surface area contributed by atoms with Crippen molar-refractivity contribution in [2.45, 2.75) is 6.10 Å². The zero-order chi connectivity index (χ0) is 21.1. The van der Waals surface area contributed by atoms with Crippen LogP contribution in [0.5, 0.6) is 0 Å². The highest BCUT2D eigenvalue weighted by molar-refractivity contribution is 5.90. The number of benzene rings is 1. The standard InChI is InChI=1S/C19H27FN6O4/c20-16-11-14(25-13-15(12-21)30-19(25)28)1-2-17(16)23-4-3-22-26(6-5-23)18(27)24-7-9-29-10-8-24/h1-2,11,15,22H,3-10,12-13,21H2/t15-/m0/s1. The average Bonchev–Trinajstić information content (AvgIpc) is 2.98. The fourth-order valence-corrected chi connectivity index (χ4v) is 3.84. The molecule has 164 valence electrons. The number of hydrogen-bond donors (Lipinski definition) is 2. The van der Waals surface area contributed by atoms with Crippen LogP contribution in [-0.4, -0.2) is 93.7 Å². The van der Waals surface area contributed by atoms with Crippen molar-refractivity contribution in [2.24, 2.45) is 5.73 Å². The van der Waals surface area contributed by atoms with Gasteiger partial charge in [0, 0.05) is 39.3 Å². The van der Waals surface area contributed by atoms with Crippen LogP contribution in [0.3, 0.4) is 0 Å². The molecule has 3 N–H and O–H groups in total. The molecule has 3 fully saturated rings. The first-order valence-electron chi connectivity index (χ1n) is 10.2. The Balaban J connectivity index is 1.40. The number of cyclic esters (lactones) is 1. The Morgan fingerprint density at radius 1 is 1.20 bits per heavy atom. The third kappa shape index (κ3) is 4.27. The maximum absolute atomic E-state index is 14.9. The van der Waals surface area contributed by atoms with Crippen molar-refractivity contribution in [1.82, 2.24) is 15.3 Å². The van der Waals surface area contributed by atoms with Crippen LogP contribution in [0, 0.1) is 5.82 Å². The number of nitrogens with one attached hydrogen (secondary N) is 1. The molecule has 3 saturated heterocycles. The number of nitrogens with zero attached hydrogens (tertiary/aromatic N) is 4. The van der Waals surface area contributed by atoms with Gasteiger partial charge in [-0.2, -0.15) is 0 Å². The summed E-state index contributed by atoms with van der Waals surface area (Å²) in [5.41, 5.74) is 9.56. The number of urea groups is 1. The smallest absolute Gasteiger partial charge is 0.414 e. The topological polar surface area (TPSA) is 104 Å². The first-order chi connectivity index (χ1) is 14.6. The Morgan fingerprint density at radius 3 is 2.70 bits per heavy atom. The molecule has 30 heavy (non-hydrogen) atoms. The van der Waals surface area contributed by atoms with Gasteiger partial charge in [-0.1, -0.05) is 0 Å². The molecule has 3 amide bonds. The lowest BCUT2D eigenvalue weighted by Crippen LogP contribution is -2.53. The number of anilines is 2. The Labute approximate surface area is 174 Å². The van der Waals surface area contributed by atoms with Gasteiger partial charge in [-0.25, -0.2) is 19.4 Å². The Hall–Kier alpha value is -2.63. The summed E-state index contributed by atoms with van der Waals surface area (Å²) in [7, 11) is 0. The van der Waals surface area contributed by atoms with Gasteiger partial charge in [-0.05, 0) is 18.2 Å². The van der Waals surface area contributed by atoms with E-state index in [1.807, 2.05) is 4.90 Å². The maximum Gasteiger partial charge on any atom is 0.414 e. The summed E-state index contributed by atoms with van der Waals surface area (Å²) in [6, 6.07) is 4.61. The normalized spacial score (nSPS) is 22.9. The molecule has 11 heteroatoms. The molecule has 0 saturated carbocycles. The molecule has 0 unspecified atom stereocenters. The lowest BCUT2D eigenvalue weighted by Gasteiger charge is -2.32. The van der Waals surface area contributed by atoms with Crippen molar-refractivity contribution in [3.05, 3.63) is 24.0 Å². The van der Waals surface area contributed by atoms with Crippen LogP contribution < -0.4 is 21.0 Å². The number of halogens is 1. The van der Waals surface area contributed by atoms with Crippen LogP contribution in [0.15, 0.2) is 18.2 Å². The van der Waals surface area contributed by atoms with Gasteiger partial charge < -0.3 is 25.0 Å². The van der Waals surface area contributed by atoms with Gasteiger partial charge in [0.1, 0.15) is 11.9 Å². The van der Waals surface area contributed by atoms with E-state index in [0.717, 1.165) is 0 Å². The zero-order valence-electron chi connectivity index (χ0n) is 16.8. The summed E-state index contributed by atoms with van der Waals surface area (Å²) >= 11 is 0. The fourth-order valence-electron chi connectivity index (χ4n) is 3.84. The summed E-state index contributed by atoms with van der Waals surface area (Å²) in [5, 5.41) is 1.59. The molecule has 0 spiro atoms. The minimum Gasteiger partial charge on any atom is -0.443 e. The number of amides is 3. The molecular weight excluding hydrogens is 395 g/mol. The predicted octanol–water partition coefficient (Wildman–Crippen LogP) is 0.188. The molecule has 0 aliphatic carbocycles. The number of carbonyl (C=O) groups excluding carboxylic acids is 2. The monoisotopic (exact) mass is 422 g/mol.